The van der Waals surface area contributed by atoms with Crippen molar-refractivity contribution >= 4 is 23.3 Å². The SMILES string of the molecule is COC(=O)c1cc2c(c(-c3cccc(OC)c3)c1)NC(C)C(=O)N2. The predicted molar refractivity (Wildman–Crippen MR) is 91.5 cm³/mol. The number of benzene rings is 2. The Labute approximate surface area is 139 Å². The van der Waals surface area contributed by atoms with E-state index in [1.807, 2.05) is 24.3 Å². The molecule has 0 bridgehead atoms. The molecule has 1 atom stereocenters. The Hall–Kier alpha value is -3.02. The van der Waals surface area contributed by atoms with Crippen molar-refractivity contribution < 1.29 is 19.1 Å². The Morgan fingerprint density at radius 2 is 1.96 bits per heavy atom. The van der Waals surface area contributed by atoms with Gasteiger partial charge in [0.2, 0.25) is 5.91 Å². The molecule has 1 unspecified atom stereocenters. The van der Waals surface area contributed by atoms with Crippen LogP contribution in [-0.4, -0.2) is 32.1 Å². The fourth-order valence-corrected chi connectivity index (χ4v) is 2.67. The molecule has 24 heavy (non-hydrogen) atoms. The summed E-state index contributed by atoms with van der Waals surface area (Å²) in [5, 5.41) is 6.02. The van der Waals surface area contributed by atoms with Gasteiger partial charge in [-0.2, -0.15) is 0 Å². The Morgan fingerprint density at radius 1 is 1.17 bits per heavy atom. The van der Waals surface area contributed by atoms with Crippen LogP contribution in [0.15, 0.2) is 36.4 Å². The van der Waals surface area contributed by atoms with Crippen LogP contribution in [0.5, 0.6) is 5.75 Å². The van der Waals surface area contributed by atoms with E-state index < -0.39 is 5.97 Å². The summed E-state index contributed by atoms with van der Waals surface area (Å²) in [6.45, 7) is 1.78. The van der Waals surface area contributed by atoms with Crippen molar-refractivity contribution in [2.75, 3.05) is 24.9 Å². The third-order valence-electron chi connectivity index (χ3n) is 3.95. The van der Waals surface area contributed by atoms with Gasteiger partial charge in [-0.05, 0) is 36.8 Å². The van der Waals surface area contributed by atoms with Gasteiger partial charge in [0.25, 0.3) is 0 Å². The molecule has 6 heteroatoms. The Morgan fingerprint density at radius 3 is 2.67 bits per heavy atom. The summed E-state index contributed by atoms with van der Waals surface area (Å²) < 4.78 is 10.1. The van der Waals surface area contributed by atoms with Crippen LogP contribution < -0.4 is 15.4 Å². The zero-order valence-electron chi connectivity index (χ0n) is 13.7. The van der Waals surface area contributed by atoms with Crippen molar-refractivity contribution in [3.63, 3.8) is 0 Å². The number of nitrogens with one attached hydrogen (secondary N) is 2. The third kappa shape index (κ3) is 2.78. The maximum Gasteiger partial charge on any atom is 0.337 e. The summed E-state index contributed by atoms with van der Waals surface area (Å²) in [6, 6.07) is 10.5. The minimum absolute atomic E-state index is 0.152. The molecule has 1 aliphatic rings. The zero-order chi connectivity index (χ0) is 17.3. The maximum absolute atomic E-state index is 12.0. The molecule has 1 aliphatic heterocycles. The normalized spacial score (nSPS) is 15.8. The van der Waals surface area contributed by atoms with Crippen molar-refractivity contribution in [1.29, 1.82) is 0 Å². The van der Waals surface area contributed by atoms with Crippen LogP contribution in [0.2, 0.25) is 0 Å². The Balaban J connectivity index is 2.20. The van der Waals surface area contributed by atoms with E-state index in [-0.39, 0.29) is 11.9 Å². The summed E-state index contributed by atoms with van der Waals surface area (Å²) in [5.74, 6) is 0.0912. The number of esters is 1. The second kappa shape index (κ2) is 6.23. The number of hydrogen-bond donors (Lipinski definition) is 2. The van der Waals surface area contributed by atoms with Gasteiger partial charge in [-0.25, -0.2) is 4.79 Å². The first-order valence-electron chi connectivity index (χ1n) is 7.51. The molecule has 0 fully saturated rings. The van der Waals surface area contributed by atoms with Gasteiger partial charge in [0.15, 0.2) is 0 Å². The summed E-state index contributed by atoms with van der Waals surface area (Å²) in [7, 11) is 2.92. The lowest BCUT2D eigenvalue weighted by Crippen LogP contribution is -2.36. The first-order chi connectivity index (χ1) is 11.5. The highest BCUT2D eigenvalue weighted by Crippen LogP contribution is 2.39. The van der Waals surface area contributed by atoms with Gasteiger partial charge in [-0.15, -0.1) is 0 Å². The third-order valence-corrected chi connectivity index (χ3v) is 3.95. The molecular formula is C18H18N2O4. The van der Waals surface area contributed by atoms with E-state index in [1.165, 1.54) is 7.11 Å². The standard InChI is InChI=1S/C18H18N2O4/c1-10-17(21)20-15-9-12(18(22)24-3)8-14(16(15)19-10)11-5-4-6-13(7-11)23-2/h4-10,19H,1-3H3,(H,20,21). The molecular weight excluding hydrogens is 308 g/mol. The molecule has 0 saturated carbocycles. The number of amides is 1. The van der Waals surface area contributed by atoms with E-state index in [9.17, 15) is 9.59 Å². The monoisotopic (exact) mass is 326 g/mol. The van der Waals surface area contributed by atoms with Crippen LogP contribution in [0.4, 0.5) is 11.4 Å². The van der Waals surface area contributed by atoms with E-state index in [2.05, 4.69) is 10.6 Å². The highest BCUT2D eigenvalue weighted by molar-refractivity contribution is 6.08. The number of carbonyl (C=O) groups is 2. The minimum Gasteiger partial charge on any atom is -0.497 e. The van der Waals surface area contributed by atoms with Gasteiger partial charge in [-0.1, -0.05) is 12.1 Å². The van der Waals surface area contributed by atoms with E-state index >= 15 is 0 Å². The fraction of sp³-hybridized carbons (Fsp3) is 0.222. The van der Waals surface area contributed by atoms with Crippen molar-refractivity contribution in [3.8, 4) is 16.9 Å². The summed E-state index contributed by atoms with van der Waals surface area (Å²) >= 11 is 0. The molecule has 124 valence electrons. The van der Waals surface area contributed by atoms with Gasteiger partial charge in [0, 0.05) is 5.56 Å². The molecule has 2 aromatic rings. The van der Waals surface area contributed by atoms with Gasteiger partial charge >= 0.3 is 5.97 Å². The molecule has 0 spiro atoms. The zero-order valence-corrected chi connectivity index (χ0v) is 13.7. The van der Waals surface area contributed by atoms with Crippen LogP contribution in [0.3, 0.4) is 0 Å². The fourth-order valence-electron chi connectivity index (χ4n) is 2.67. The van der Waals surface area contributed by atoms with Crippen LogP contribution in [0, 0.1) is 0 Å². The smallest absolute Gasteiger partial charge is 0.337 e. The molecule has 0 radical (unpaired) electrons. The quantitative estimate of drug-likeness (QED) is 0.848. The number of methoxy groups -OCH3 is 2. The van der Waals surface area contributed by atoms with Gasteiger partial charge < -0.3 is 20.1 Å². The van der Waals surface area contributed by atoms with E-state index in [0.29, 0.717) is 17.0 Å². The number of anilines is 2. The van der Waals surface area contributed by atoms with Gasteiger partial charge in [0.1, 0.15) is 11.8 Å². The number of hydrogen-bond acceptors (Lipinski definition) is 5. The molecule has 0 aliphatic carbocycles. The minimum atomic E-state index is -0.463. The first kappa shape index (κ1) is 15.9. The van der Waals surface area contributed by atoms with Crippen molar-refractivity contribution in [2.24, 2.45) is 0 Å². The molecule has 2 aromatic carbocycles. The number of ether oxygens (including phenoxy) is 2. The van der Waals surface area contributed by atoms with Gasteiger partial charge in [0.05, 0.1) is 31.2 Å². The summed E-state index contributed by atoms with van der Waals surface area (Å²) in [6.07, 6.45) is 0. The first-order valence-corrected chi connectivity index (χ1v) is 7.51. The second-order valence-corrected chi connectivity index (χ2v) is 5.53. The van der Waals surface area contributed by atoms with Crippen molar-refractivity contribution in [3.05, 3.63) is 42.0 Å². The number of rotatable bonds is 3. The molecule has 2 N–H and O–H groups in total. The van der Waals surface area contributed by atoms with Crippen LogP contribution in [0.25, 0.3) is 11.1 Å². The molecule has 1 heterocycles. The Bertz CT molecular complexity index is 817. The molecule has 6 nitrogen and oxygen atoms in total. The Kier molecular flexibility index (Phi) is 4.12. The van der Waals surface area contributed by atoms with E-state index in [0.717, 1.165) is 16.8 Å². The second-order valence-electron chi connectivity index (χ2n) is 5.53. The maximum atomic E-state index is 12.0. The van der Waals surface area contributed by atoms with Crippen LogP contribution in [0.1, 0.15) is 17.3 Å². The molecule has 0 saturated heterocycles. The largest absolute Gasteiger partial charge is 0.497 e. The topological polar surface area (TPSA) is 76.7 Å². The van der Waals surface area contributed by atoms with Crippen molar-refractivity contribution in [2.45, 2.75) is 13.0 Å². The van der Waals surface area contributed by atoms with Crippen LogP contribution in [-0.2, 0) is 9.53 Å². The average Bonchev–Trinajstić information content (AvgIpc) is 2.61. The summed E-state index contributed by atoms with van der Waals surface area (Å²) in [5.41, 5.74) is 3.35. The highest BCUT2D eigenvalue weighted by Gasteiger charge is 2.26. The van der Waals surface area contributed by atoms with Gasteiger partial charge in [-0.3, -0.25) is 4.79 Å². The molecule has 0 aromatic heterocycles. The molecule has 1 amide bonds. The number of carbonyl (C=O) groups excluding carboxylic acids is 2. The van der Waals surface area contributed by atoms with E-state index in [4.69, 9.17) is 9.47 Å². The van der Waals surface area contributed by atoms with Crippen LogP contribution >= 0.6 is 0 Å². The lowest BCUT2D eigenvalue weighted by Gasteiger charge is -2.27. The highest BCUT2D eigenvalue weighted by atomic mass is 16.5. The summed E-state index contributed by atoms with van der Waals surface area (Å²) in [4.78, 5) is 23.9. The predicted octanol–water partition coefficient (Wildman–Crippen LogP) is 2.90. The van der Waals surface area contributed by atoms with Crippen molar-refractivity contribution in [1.82, 2.24) is 0 Å². The number of fused-ring (bicyclic) bond motifs is 1. The average molecular weight is 326 g/mol. The lowest BCUT2D eigenvalue weighted by molar-refractivity contribution is -0.116. The molecule has 3 rings (SSSR count). The lowest BCUT2D eigenvalue weighted by atomic mass is 9.97. The van der Waals surface area contributed by atoms with E-state index in [1.54, 1.807) is 26.2 Å².